The first-order valence-corrected chi connectivity index (χ1v) is 11.6. The van der Waals surface area contributed by atoms with Gasteiger partial charge in [-0.25, -0.2) is 5.43 Å². The van der Waals surface area contributed by atoms with Crippen molar-refractivity contribution in [3.8, 4) is 23.0 Å². The number of benzene rings is 3. The summed E-state index contributed by atoms with van der Waals surface area (Å²) < 4.78 is 23.2. The van der Waals surface area contributed by atoms with Gasteiger partial charge in [-0.2, -0.15) is 5.10 Å². The van der Waals surface area contributed by atoms with Gasteiger partial charge in [0.1, 0.15) is 18.1 Å². The zero-order valence-electron chi connectivity index (χ0n) is 19.6. The maximum absolute atomic E-state index is 12.3. The number of nitrogens with one attached hydrogen (secondary N) is 1. The Morgan fingerprint density at radius 1 is 0.971 bits per heavy atom. The number of carbonyl (C=O) groups is 1. The van der Waals surface area contributed by atoms with E-state index in [1.807, 2.05) is 36.4 Å². The predicted molar refractivity (Wildman–Crippen MR) is 140 cm³/mol. The van der Waals surface area contributed by atoms with Gasteiger partial charge in [-0.05, 0) is 60.0 Å². The molecule has 0 aromatic heterocycles. The molecular formula is C27H27BrN2O5. The Morgan fingerprint density at radius 3 is 2.54 bits per heavy atom. The average molecular weight is 539 g/mol. The monoisotopic (exact) mass is 538 g/mol. The molecule has 0 atom stereocenters. The first-order chi connectivity index (χ1) is 17.0. The standard InChI is InChI=1S/C27H27BrN2O5/c1-4-6-19-9-11-25(26(14-19)33-3)35-18-27(31)30-29-16-21-15-23(32-2)10-12-24(21)34-17-20-7-5-8-22(28)13-20/h4-5,7-16H,1,6,17-18H2,2-3H3,(H,30,31)/b29-16-. The Bertz CT molecular complexity index is 1200. The second-order valence-corrected chi connectivity index (χ2v) is 8.30. The Balaban J connectivity index is 1.60. The number of hydrazone groups is 1. The Hall–Kier alpha value is -3.78. The van der Waals surface area contributed by atoms with Gasteiger partial charge in [0.15, 0.2) is 18.1 Å². The fourth-order valence-electron chi connectivity index (χ4n) is 3.15. The molecule has 0 fully saturated rings. The lowest BCUT2D eigenvalue weighted by atomic mass is 10.1. The molecule has 0 radical (unpaired) electrons. The zero-order valence-corrected chi connectivity index (χ0v) is 21.2. The zero-order chi connectivity index (χ0) is 25.0. The third-order valence-corrected chi connectivity index (χ3v) is 5.35. The largest absolute Gasteiger partial charge is 0.497 e. The molecule has 3 aromatic carbocycles. The number of ether oxygens (including phenoxy) is 4. The van der Waals surface area contributed by atoms with Crippen molar-refractivity contribution in [2.45, 2.75) is 13.0 Å². The van der Waals surface area contributed by atoms with Crippen LogP contribution in [-0.2, 0) is 17.8 Å². The highest BCUT2D eigenvalue weighted by Gasteiger charge is 2.09. The lowest BCUT2D eigenvalue weighted by Crippen LogP contribution is -2.24. The average Bonchev–Trinajstić information content (AvgIpc) is 2.87. The van der Waals surface area contributed by atoms with Crippen LogP contribution in [0.25, 0.3) is 0 Å². The number of nitrogens with zero attached hydrogens (tertiary/aromatic N) is 1. The van der Waals surface area contributed by atoms with Crippen molar-refractivity contribution < 1.29 is 23.7 Å². The molecule has 0 saturated heterocycles. The summed E-state index contributed by atoms with van der Waals surface area (Å²) in [5, 5.41) is 4.05. The van der Waals surface area contributed by atoms with Gasteiger partial charge in [-0.15, -0.1) is 6.58 Å². The molecule has 35 heavy (non-hydrogen) atoms. The summed E-state index contributed by atoms with van der Waals surface area (Å²) in [7, 11) is 3.13. The lowest BCUT2D eigenvalue weighted by molar-refractivity contribution is -0.123. The van der Waals surface area contributed by atoms with Crippen LogP contribution in [0.4, 0.5) is 0 Å². The first-order valence-electron chi connectivity index (χ1n) is 10.8. The van der Waals surface area contributed by atoms with E-state index >= 15 is 0 Å². The summed E-state index contributed by atoms with van der Waals surface area (Å²) in [6.07, 6.45) is 4.02. The lowest BCUT2D eigenvalue weighted by Gasteiger charge is -2.12. The van der Waals surface area contributed by atoms with Crippen LogP contribution in [-0.4, -0.2) is 32.9 Å². The maximum atomic E-state index is 12.3. The van der Waals surface area contributed by atoms with Crippen LogP contribution in [0.1, 0.15) is 16.7 Å². The number of carbonyl (C=O) groups excluding carboxylic acids is 1. The van der Waals surface area contributed by atoms with E-state index in [2.05, 4.69) is 33.0 Å². The third kappa shape index (κ3) is 7.89. The van der Waals surface area contributed by atoms with Crippen LogP contribution in [0.3, 0.4) is 0 Å². The SMILES string of the molecule is C=CCc1ccc(OCC(=O)N/N=C\c2cc(OC)ccc2OCc2cccc(Br)c2)c(OC)c1. The highest BCUT2D eigenvalue weighted by molar-refractivity contribution is 9.10. The fourth-order valence-corrected chi connectivity index (χ4v) is 3.59. The van der Waals surface area contributed by atoms with Crippen LogP contribution in [0.15, 0.2) is 82.9 Å². The first kappa shape index (κ1) is 25.8. The smallest absolute Gasteiger partial charge is 0.277 e. The molecule has 0 aliphatic carbocycles. The molecule has 182 valence electrons. The molecule has 3 aromatic rings. The second-order valence-electron chi connectivity index (χ2n) is 7.38. The van der Waals surface area contributed by atoms with Crippen LogP contribution in [0.2, 0.25) is 0 Å². The number of methoxy groups -OCH3 is 2. The van der Waals surface area contributed by atoms with Crippen LogP contribution in [0.5, 0.6) is 23.0 Å². The van der Waals surface area contributed by atoms with Gasteiger partial charge in [-0.1, -0.05) is 40.2 Å². The molecule has 7 nitrogen and oxygen atoms in total. The van der Waals surface area contributed by atoms with Crippen molar-refractivity contribution in [2.75, 3.05) is 20.8 Å². The molecule has 0 spiro atoms. The van der Waals surface area contributed by atoms with Crippen molar-refractivity contribution in [2.24, 2.45) is 5.10 Å². The molecule has 1 N–H and O–H groups in total. The summed E-state index contributed by atoms with van der Waals surface area (Å²) in [4.78, 5) is 12.3. The molecule has 1 amide bonds. The normalized spacial score (nSPS) is 10.6. The molecule has 0 saturated carbocycles. The van der Waals surface area contributed by atoms with Crippen molar-refractivity contribution in [3.05, 3.63) is 94.5 Å². The summed E-state index contributed by atoms with van der Waals surface area (Å²) in [6, 6.07) is 18.7. The molecule has 3 rings (SSSR count). The molecule has 8 heteroatoms. The third-order valence-electron chi connectivity index (χ3n) is 4.86. The molecule has 0 aliphatic heterocycles. The van der Waals surface area contributed by atoms with E-state index in [0.717, 1.165) is 15.6 Å². The highest BCUT2D eigenvalue weighted by atomic mass is 79.9. The minimum absolute atomic E-state index is 0.223. The number of amides is 1. The molecule has 0 heterocycles. The highest BCUT2D eigenvalue weighted by Crippen LogP contribution is 2.28. The van der Waals surface area contributed by atoms with Crippen molar-refractivity contribution in [3.63, 3.8) is 0 Å². The van der Waals surface area contributed by atoms with Crippen LogP contribution >= 0.6 is 15.9 Å². The number of rotatable bonds is 12. The van der Waals surface area contributed by atoms with Crippen LogP contribution in [0, 0.1) is 0 Å². The molecule has 0 aliphatic rings. The van der Waals surface area contributed by atoms with Crippen molar-refractivity contribution >= 4 is 28.1 Å². The van der Waals surface area contributed by atoms with Crippen LogP contribution < -0.4 is 24.4 Å². The van der Waals surface area contributed by atoms with E-state index in [9.17, 15) is 4.79 Å². The number of hydrogen-bond donors (Lipinski definition) is 1. The number of halogens is 1. The quantitative estimate of drug-likeness (QED) is 0.192. The molecule has 0 bridgehead atoms. The van der Waals surface area contributed by atoms with Gasteiger partial charge in [0.25, 0.3) is 5.91 Å². The number of allylic oxidation sites excluding steroid dienone is 1. The Morgan fingerprint density at radius 2 is 1.80 bits per heavy atom. The topological polar surface area (TPSA) is 78.4 Å². The van der Waals surface area contributed by atoms with Gasteiger partial charge in [-0.3, -0.25) is 4.79 Å². The maximum Gasteiger partial charge on any atom is 0.277 e. The molecular weight excluding hydrogens is 512 g/mol. The van der Waals surface area contributed by atoms with Gasteiger partial charge < -0.3 is 18.9 Å². The Kier molecular flexibility index (Phi) is 9.74. The predicted octanol–water partition coefficient (Wildman–Crippen LogP) is 5.30. The van der Waals surface area contributed by atoms with Gasteiger partial charge in [0, 0.05) is 10.0 Å². The van der Waals surface area contributed by atoms with Gasteiger partial charge in [0.05, 0.1) is 20.4 Å². The van der Waals surface area contributed by atoms with E-state index in [1.54, 1.807) is 44.6 Å². The van der Waals surface area contributed by atoms with E-state index in [-0.39, 0.29) is 6.61 Å². The summed E-state index contributed by atoms with van der Waals surface area (Å²) in [5.41, 5.74) is 5.17. The molecule has 0 unspecified atom stereocenters. The second kappa shape index (κ2) is 13.2. The van der Waals surface area contributed by atoms with Gasteiger partial charge >= 0.3 is 0 Å². The minimum Gasteiger partial charge on any atom is -0.497 e. The van der Waals surface area contributed by atoms with E-state index < -0.39 is 5.91 Å². The van der Waals surface area contributed by atoms with Crippen molar-refractivity contribution in [1.29, 1.82) is 0 Å². The summed E-state index contributed by atoms with van der Waals surface area (Å²) >= 11 is 3.46. The van der Waals surface area contributed by atoms with E-state index in [4.69, 9.17) is 18.9 Å². The van der Waals surface area contributed by atoms with E-state index in [1.165, 1.54) is 6.21 Å². The van der Waals surface area contributed by atoms with Gasteiger partial charge in [0.2, 0.25) is 0 Å². The Labute approximate surface area is 213 Å². The van der Waals surface area contributed by atoms with Crippen molar-refractivity contribution in [1.82, 2.24) is 5.43 Å². The fraction of sp³-hybridized carbons (Fsp3) is 0.185. The minimum atomic E-state index is -0.419. The van der Waals surface area contributed by atoms with E-state index in [0.29, 0.717) is 41.6 Å². The summed E-state index contributed by atoms with van der Waals surface area (Å²) in [5.74, 6) is 1.84. The number of hydrogen-bond acceptors (Lipinski definition) is 6. The summed E-state index contributed by atoms with van der Waals surface area (Å²) in [6.45, 7) is 3.88.